The van der Waals surface area contributed by atoms with Crippen LogP contribution in [0.3, 0.4) is 0 Å². The molecule has 0 aliphatic carbocycles. The predicted molar refractivity (Wildman–Crippen MR) is 77.3 cm³/mol. The van der Waals surface area contributed by atoms with Gasteiger partial charge in [0.25, 0.3) is 0 Å². The molecule has 0 aromatic carbocycles. The van der Waals surface area contributed by atoms with Gasteiger partial charge in [-0.25, -0.2) is 0 Å². The molecule has 2 N–H and O–H groups in total. The Morgan fingerprint density at radius 2 is 2.16 bits per heavy atom. The van der Waals surface area contributed by atoms with Crippen molar-refractivity contribution in [2.24, 2.45) is 11.8 Å². The molecular weight excluding hydrogens is 242 g/mol. The van der Waals surface area contributed by atoms with Crippen LogP contribution in [0.4, 0.5) is 0 Å². The zero-order chi connectivity index (χ0) is 14.1. The molecule has 1 heterocycles. The van der Waals surface area contributed by atoms with Crippen LogP contribution in [-0.2, 0) is 9.47 Å². The lowest BCUT2D eigenvalue weighted by atomic mass is 10.0. The summed E-state index contributed by atoms with van der Waals surface area (Å²) >= 11 is 0. The molecule has 3 atom stereocenters. The van der Waals surface area contributed by atoms with Crippen molar-refractivity contribution in [2.45, 2.75) is 52.2 Å². The molecule has 19 heavy (non-hydrogen) atoms. The highest BCUT2D eigenvalue weighted by molar-refractivity contribution is 4.76. The minimum Gasteiger partial charge on any atom is -0.389 e. The Morgan fingerprint density at radius 1 is 1.37 bits per heavy atom. The van der Waals surface area contributed by atoms with Crippen molar-refractivity contribution < 1.29 is 14.6 Å². The van der Waals surface area contributed by atoms with Crippen LogP contribution in [0, 0.1) is 11.8 Å². The van der Waals surface area contributed by atoms with Crippen molar-refractivity contribution in [3.05, 3.63) is 0 Å². The summed E-state index contributed by atoms with van der Waals surface area (Å²) in [5.41, 5.74) is 0. The monoisotopic (exact) mass is 273 g/mol. The Labute approximate surface area is 117 Å². The van der Waals surface area contributed by atoms with Gasteiger partial charge in [-0.3, -0.25) is 0 Å². The molecule has 1 rings (SSSR count). The van der Waals surface area contributed by atoms with Crippen molar-refractivity contribution in [1.82, 2.24) is 5.32 Å². The summed E-state index contributed by atoms with van der Waals surface area (Å²) < 4.78 is 10.9. The Bertz CT molecular complexity index is 217. The van der Waals surface area contributed by atoms with Crippen molar-refractivity contribution in [3.8, 4) is 0 Å². The third-order valence-electron chi connectivity index (χ3n) is 3.73. The van der Waals surface area contributed by atoms with E-state index in [1.54, 1.807) is 0 Å². The van der Waals surface area contributed by atoms with Gasteiger partial charge in [0.2, 0.25) is 0 Å². The minimum absolute atomic E-state index is 0.401. The predicted octanol–water partition coefficient (Wildman–Crippen LogP) is 1.81. The van der Waals surface area contributed by atoms with Crippen LogP contribution in [0.2, 0.25) is 0 Å². The smallest absolute Gasteiger partial charge is 0.0897 e. The summed E-state index contributed by atoms with van der Waals surface area (Å²) in [6, 6.07) is 0.401. The van der Waals surface area contributed by atoms with E-state index in [0.29, 0.717) is 25.1 Å². The highest BCUT2D eigenvalue weighted by Crippen LogP contribution is 2.16. The number of rotatable bonds is 10. The molecule has 1 fully saturated rings. The molecule has 0 saturated carbocycles. The molecule has 0 amide bonds. The highest BCUT2D eigenvalue weighted by atomic mass is 16.5. The summed E-state index contributed by atoms with van der Waals surface area (Å²) in [5.74, 6) is 1.31. The van der Waals surface area contributed by atoms with Crippen LogP contribution in [0.15, 0.2) is 0 Å². The quantitative estimate of drug-likeness (QED) is 0.596. The second-order valence-corrected chi connectivity index (χ2v) is 6.09. The Morgan fingerprint density at radius 3 is 2.79 bits per heavy atom. The van der Waals surface area contributed by atoms with Crippen molar-refractivity contribution in [1.29, 1.82) is 0 Å². The van der Waals surface area contributed by atoms with Gasteiger partial charge in [0.1, 0.15) is 0 Å². The lowest BCUT2D eigenvalue weighted by Gasteiger charge is -2.21. The lowest BCUT2D eigenvalue weighted by Crippen LogP contribution is -2.40. The standard InChI is InChI=1S/C15H31NO3/c1-12(2)5-4-7-18-11-15(17)9-16-13(3)14-6-8-19-10-14/h12-17H,4-11H2,1-3H3. The average Bonchev–Trinajstić information content (AvgIpc) is 2.89. The maximum absolute atomic E-state index is 9.83. The van der Waals surface area contributed by atoms with Crippen LogP contribution in [0.25, 0.3) is 0 Å². The molecule has 4 heteroatoms. The van der Waals surface area contributed by atoms with E-state index in [1.165, 1.54) is 6.42 Å². The van der Waals surface area contributed by atoms with Crippen LogP contribution in [0.1, 0.15) is 40.0 Å². The van der Waals surface area contributed by atoms with Gasteiger partial charge in [0, 0.05) is 25.8 Å². The number of aliphatic hydroxyl groups excluding tert-OH is 1. The SMILES string of the molecule is CC(C)CCCOCC(O)CNC(C)C1CCOC1. The van der Waals surface area contributed by atoms with Crippen LogP contribution in [0.5, 0.6) is 0 Å². The molecule has 1 aliphatic rings. The maximum Gasteiger partial charge on any atom is 0.0897 e. The van der Waals surface area contributed by atoms with E-state index in [-0.39, 0.29) is 0 Å². The molecule has 0 spiro atoms. The molecule has 0 aromatic rings. The van der Waals surface area contributed by atoms with Crippen molar-refractivity contribution in [2.75, 3.05) is 33.0 Å². The fourth-order valence-electron chi connectivity index (χ4n) is 2.31. The molecule has 0 aromatic heterocycles. The van der Waals surface area contributed by atoms with E-state index in [1.807, 2.05) is 0 Å². The molecule has 3 unspecified atom stereocenters. The van der Waals surface area contributed by atoms with E-state index in [4.69, 9.17) is 9.47 Å². The fraction of sp³-hybridized carbons (Fsp3) is 1.00. The van der Waals surface area contributed by atoms with Crippen LogP contribution in [-0.4, -0.2) is 50.2 Å². The fourth-order valence-corrected chi connectivity index (χ4v) is 2.31. The molecule has 1 saturated heterocycles. The molecule has 114 valence electrons. The first-order chi connectivity index (χ1) is 9.09. The van der Waals surface area contributed by atoms with Crippen molar-refractivity contribution >= 4 is 0 Å². The van der Waals surface area contributed by atoms with Gasteiger partial charge in [-0.15, -0.1) is 0 Å². The van der Waals surface area contributed by atoms with Gasteiger partial charge >= 0.3 is 0 Å². The average molecular weight is 273 g/mol. The van der Waals surface area contributed by atoms with Gasteiger partial charge in [-0.05, 0) is 38.0 Å². The van der Waals surface area contributed by atoms with Gasteiger partial charge in [-0.1, -0.05) is 13.8 Å². The van der Waals surface area contributed by atoms with Gasteiger partial charge in [0.05, 0.1) is 19.3 Å². The summed E-state index contributed by atoms with van der Waals surface area (Å²) in [6.07, 6.45) is 2.97. The molecule has 0 bridgehead atoms. The second kappa shape index (κ2) is 9.70. The van der Waals surface area contributed by atoms with E-state index in [0.717, 1.165) is 38.6 Å². The van der Waals surface area contributed by atoms with E-state index in [9.17, 15) is 5.11 Å². The number of hydrogen-bond donors (Lipinski definition) is 2. The highest BCUT2D eigenvalue weighted by Gasteiger charge is 2.22. The first kappa shape index (κ1) is 16.9. The Balaban J connectivity index is 1.96. The number of nitrogens with one attached hydrogen (secondary N) is 1. The first-order valence-corrected chi connectivity index (χ1v) is 7.66. The molecular formula is C15H31NO3. The molecule has 0 radical (unpaired) electrons. The van der Waals surface area contributed by atoms with Gasteiger partial charge < -0.3 is 19.9 Å². The maximum atomic E-state index is 9.83. The van der Waals surface area contributed by atoms with Gasteiger partial charge in [0.15, 0.2) is 0 Å². The summed E-state index contributed by atoms with van der Waals surface area (Å²) in [6.45, 7) is 10.1. The number of aliphatic hydroxyl groups is 1. The summed E-state index contributed by atoms with van der Waals surface area (Å²) in [4.78, 5) is 0. The molecule has 1 aliphatic heterocycles. The minimum atomic E-state index is -0.413. The topological polar surface area (TPSA) is 50.7 Å². The van der Waals surface area contributed by atoms with E-state index in [2.05, 4.69) is 26.1 Å². The number of ether oxygens (including phenoxy) is 2. The van der Waals surface area contributed by atoms with Gasteiger partial charge in [-0.2, -0.15) is 0 Å². The van der Waals surface area contributed by atoms with Crippen LogP contribution >= 0.6 is 0 Å². The summed E-state index contributed by atoms with van der Waals surface area (Å²) in [7, 11) is 0. The normalized spacial score (nSPS) is 22.9. The Kier molecular flexibility index (Phi) is 8.62. The van der Waals surface area contributed by atoms with E-state index >= 15 is 0 Å². The van der Waals surface area contributed by atoms with E-state index < -0.39 is 6.10 Å². The second-order valence-electron chi connectivity index (χ2n) is 6.09. The zero-order valence-electron chi connectivity index (χ0n) is 12.7. The molecule has 4 nitrogen and oxygen atoms in total. The van der Waals surface area contributed by atoms with Crippen LogP contribution < -0.4 is 5.32 Å². The Hall–Kier alpha value is -0.160. The lowest BCUT2D eigenvalue weighted by molar-refractivity contribution is 0.0326. The summed E-state index contributed by atoms with van der Waals surface area (Å²) in [5, 5.41) is 13.2. The number of hydrogen-bond acceptors (Lipinski definition) is 4. The van der Waals surface area contributed by atoms with Crippen molar-refractivity contribution in [3.63, 3.8) is 0 Å². The third-order valence-corrected chi connectivity index (χ3v) is 3.73. The zero-order valence-corrected chi connectivity index (χ0v) is 12.7. The largest absolute Gasteiger partial charge is 0.389 e. The first-order valence-electron chi connectivity index (χ1n) is 7.66. The third kappa shape index (κ3) is 7.88.